The highest BCUT2D eigenvalue weighted by Gasteiger charge is 2.47. The van der Waals surface area contributed by atoms with Crippen LogP contribution in [0.1, 0.15) is 24.8 Å². The Bertz CT molecular complexity index is 662. The van der Waals surface area contributed by atoms with Gasteiger partial charge in [-0.05, 0) is 42.9 Å². The lowest BCUT2D eigenvalue weighted by Gasteiger charge is -2.53. The Labute approximate surface area is 148 Å². The van der Waals surface area contributed by atoms with E-state index in [4.69, 9.17) is 9.47 Å². The van der Waals surface area contributed by atoms with Gasteiger partial charge in [-0.3, -0.25) is 14.9 Å². The summed E-state index contributed by atoms with van der Waals surface area (Å²) in [5.41, 5.74) is 1.37. The average Bonchev–Trinajstić information content (AvgIpc) is 2.63. The number of rotatable bonds is 6. The van der Waals surface area contributed by atoms with Crippen molar-refractivity contribution in [1.82, 2.24) is 19.9 Å². The molecule has 0 saturated carbocycles. The van der Waals surface area contributed by atoms with Gasteiger partial charge in [-0.2, -0.15) is 0 Å². The smallest absolute Gasteiger partial charge is 0.232 e. The molecule has 2 aliphatic heterocycles. The van der Waals surface area contributed by atoms with E-state index in [-0.39, 0.29) is 5.60 Å². The summed E-state index contributed by atoms with van der Waals surface area (Å²) in [6.45, 7) is 4.58. The minimum Gasteiger partial charge on any atom is -0.477 e. The van der Waals surface area contributed by atoms with Crippen LogP contribution in [0.25, 0.3) is 0 Å². The SMILES string of the molecule is c1cc(CN2CC3(C[C@H](CCOc4cnccn4)CCO3)C2)ccn1. The second-order valence-electron chi connectivity index (χ2n) is 7.07. The van der Waals surface area contributed by atoms with E-state index < -0.39 is 0 Å². The number of ether oxygens (including phenoxy) is 2. The summed E-state index contributed by atoms with van der Waals surface area (Å²) in [6.07, 6.45) is 12.0. The van der Waals surface area contributed by atoms with Crippen LogP contribution in [0.2, 0.25) is 0 Å². The van der Waals surface area contributed by atoms with Crippen LogP contribution >= 0.6 is 0 Å². The molecule has 1 atom stereocenters. The number of hydrogen-bond acceptors (Lipinski definition) is 6. The van der Waals surface area contributed by atoms with Crippen molar-refractivity contribution in [2.45, 2.75) is 31.4 Å². The van der Waals surface area contributed by atoms with Gasteiger partial charge in [0.25, 0.3) is 0 Å². The van der Waals surface area contributed by atoms with E-state index in [1.807, 2.05) is 12.4 Å². The van der Waals surface area contributed by atoms with E-state index in [1.54, 1.807) is 18.6 Å². The normalized spacial score (nSPS) is 22.5. The third-order valence-corrected chi connectivity index (χ3v) is 5.09. The number of pyridine rings is 1. The molecule has 0 amide bonds. The van der Waals surface area contributed by atoms with Gasteiger partial charge in [0, 0.05) is 51.0 Å². The molecule has 0 N–H and O–H groups in total. The zero-order valence-electron chi connectivity index (χ0n) is 14.4. The summed E-state index contributed by atoms with van der Waals surface area (Å²) in [5.74, 6) is 1.27. The summed E-state index contributed by atoms with van der Waals surface area (Å²) in [6, 6.07) is 4.17. The lowest BCUT2D eigenvalue weighted by atomic mass is 9.79. The fourth-order valence-corrected chi connectivity index (χ4v) is 3.91. The van der Waals surface area contributed by atoms with Gasteiger partial charge in [0.1, 0.15) is 0 Å². The van der Waals surface area contributed by atoms with Gasteiger partial charge in [0.2, 0.25) is 5.88 Å². The molecule has 0 aromatic carbocycles. The minimum atomic E-state index is 0.0580. The summed E-state index contributed by atoms with van der Waals surface area (Å²) in [5, 5.41) is 0. The first kappa shape index (κ1) is 16.4. The zero-order valence-corrected chi connectivity index (χ0v) is 14.4. The molecule has 2 fully saturated rings. The molecule has 132 valence electrons. The average molecular weight is 340 g/mol. The Morgan fingerprint density at radius 3 is 2.84 bits per heavy atom. The molecule has 4 rings (SSSR count). The number of likely N-dealkylation sites (tertiary alicyclic amines) is 1. The summed E-state index contributed by atoms with van der Waals surface area (Å²) in [4.78, 5) is 14.7. The highest BCUT2D eigenvalue weighted by molar-refractivity contribution is 5.12. The molecule has 2 aromatic heterocycles. The minimum absolute atomic E-state index is 0.0580. The van der Waals surface area contributed by atoms with Crippen LogP contribution in [0.3, 0.4) is 0 Å². The molecular formula is C19H24N4O2. The molecule has 6 heteroatoms. The standard InChI is InChI=1S/C19H24N4O2/c1-5-20-6-2-17(1)13-23-14-19(15-23)11-16(4-10-25-19)3-9-24-18-12-21-7-8-22-18/h1-2,5-8,12,16H,3-4,9-11,13-15H2/t16-/m1/s1. The summed E-state index contributed by atoms with van der Waals surface area (Å²) in [7, 11) is 0. The first-order valence-corrected chi connectivity index (χ1v) is 8.95. The molecule has 0 radical (unpaired) electrons. The molecular weight excluding hydrogens is 316 g/mol. The highest BCUT2D eigenvalue weighted by Crippen LogP contribution is 2.38. The first-order chi connectivity index (χ1) is 12.3. The van der Waals surface area contributed by atoms with Crippen LogP contribution in [0.5, 0.6) is 5.88 Å². The Hall–Kier alpha value is -2.05. The third kappa shape index (κ3) is 4.14. The first-order valence-electron chi connectivity index (χ1n) is 8.95. The van der Waals surface area contributed by atoms with Gasteiger partial charge < -0.3 is 9.47 Å². The Morgan fingerprint density at radius 1 is 1.16 bits per heavy atom. The van der Waals surface area contributed by atoms with Crippen LogP contribution in [0.15, 0.2) is 43.1 Å². The second kappa shape index (κ2) is 7.45. The van der Waals surface area contributed by atoms with Gasteiger partial charge in [-0.25, -0.2) is 4.98 Å². The van der Waals surface area contributed by atoms with Gasteiger partial charge >= 0.3 is 0 Å². The number of nitrogens with zero attached hydrogens (tertiary/aromatic N) is 4. The van der Waals surface area contributed by atoms with Crippen molar-refractivity contribution in [2.75, 3.05) is 26.3 Å². The molecule has 2 saturated heterocycles. The van der Waals surface area contributed by atoms with Crippen molar-refractivity contribution in [3.63, 3.8) is 0 Å². The van der Waals surface area contributed by atoms with Crippen LogP contribution in [0.4, 0.5) is 0 Å². The quantitative estimate of drug-likeness (QED) is 0.804. The predicted octanol–water partition coefficient (Wildman–Crippen LogP) is 2.32. The van der Waals surface area contributed by atoms with Crippen molar-refractivity contribution in [1.29, 1.82) is 0 Å². The fraction of sp³-hybridized carbons (Fsp3) is 0.526. The Balaban J connectivity index is 1.22. The maximum Gasteiger partial charge on any atom is 0.232 e. The van der Waals surface area contributed by atoms with E-state index >= 15 is 0 Å². The van der Waals surface area contributed by atoms with Crippen molar-refractivity contribution < 1.29 is 9.47 Å². The number of aromatic nitrogens is 3. The molecule has 0 bridgehead atoms. The molecule has 2 aliphatic rings. The fourth-order valence-electron chi connectivity index (χ4n) is 3.91. The molecule has 1 spiro atoms. The number of hydrogen-bond donors (Lipinski definition) is 0. The highest BCUT2D eigenvalue weighted by atomic mass is 16.5. The molecule has 25 heavy (non-hydrogen) atoms. The van der Waals surface area contributed by atoms with Gasteiger partial charge in [-0.15, -0.1) is 0 Å². The lowest BCUT2D eigenvalue weighted by molar-refractivity contribution is -0.182. The van der Waals surface area contributed by atoms with E-state index in [0.29, 0.717) is 18.4 Å². The summed E-state index contributed by atoms with van der Waals surface area (Å²) >= 11 is 0. The van der Waals surface area contributed by atoms with E-state index in [0.717, 1.165) is 45.5 Å². The van der Waals surface area contributed by atoms with Crippen LogP contribution < -0.4 is 4.74 Å². The van der Waals surface area contributed by atoms with E-state index in [1.165, 1.54) is 5.56 Å². The van der Waals surface area contributed by atoms with Crippen molar-refractivity contribution in [2.24, 2.45) is 5.92 Å². The zero-order chi connectivity index (χ0) is 17.0. The lowest BCUT2D eigenvalue weighted by Crippen LogP contribution is -2.64. The molecule has 6 nitrogen and oxygen atoms in total. The van der Waals surface area contributed by atoms with Gasteiger partial charge in [0.05, 0.1) is 18.4 Å². The van der Waals surface area contributed by atoms with Gasteiger partial charge in [0.15, 0.2) is 0 Å². The van der Waals surface area contributed by atoms with Gasteiger partial charge in [-0.1, -0.05) is 0 Å². The van der Waals surface area contributed by atoms with Crippen LogP contribution in [-0.2, 0) is 11.3 Å². The van der Waals surface area contributed by atoms with E-state index in [9.17, 15) is 0 Å². The summed E-state index contributed by atoms with van der Waals surface area (Å²) < 4.78 is 11.8. The van der Waals surface area contributed by atoms with Crippen LogP contribution in [-0.4, -0.2) is 51.8 Å². The predicted molar refractivity (Wildman–Crippen MR) is 93.1 cm³/mol. The third-order valence-electron chi connectivity index (χ3n) is 5.09. The van der Waals surface area contributed by atoms with Crippen molar-refractivity contribution in [3.05, 3.63) is 48.7 Å². The molecule has 2 aromatic rings. The Morgan fingerprint density at radius 2 is 2.04 bits per heavy atom. The molecule has 4 heterocycles. The van der Waals surface area contributed by atoms with E-state index in [2.05, 4.69) is 32.0 Å². The van der Waals surface area contributed by atoms with Crippen molar-refractivity contribution in [3.8, 4) is 5.88 Å². The maximum atomic E-state index is 6.15. The topological polar surface area (TPSA) is 60.4 Å². The monoisotopic (exact) mass is 340 g/mol. The second-order valence-corrected chi connectivity index (χ2v) is 7.07. The van der Waals surface area contributed by atoms with Crippen LogP contribution in [0, 0.1) is 5.92 Å². The maximum absolute atomic E-state index is 6.15. The molecule has 0 aliphatic carbocycles. The Kier molecular flexibility index (Phi) is 4.90. The van der Waals surface area contributed by atoms with Crippen molar-refractivity contribution >= 4 is 0 Å². The largest absolute Gasteiger partial charge is 0.477 e. The molecule has 0 unspecified atom stereocenters.